The van der Waals surface area contributed by atoms with Crippen LogP contribution in [0.25, 0.3) is 0 Å². The molecule has 0 aliphatic carbocycles. The van der Waals surface area contributed by atoms with Crippen LogP contribution in [0.15, 0.2) is 30.3 Å². The molecule has 1 aromatic rings. The van der Waals surface area contributed by atoms with Crippen LogP contribution in [0, 0.1) is 0 Å². The van der Waals surface area contributed by atoms with Crippen LogP contribution >= 0.6 is 0 Å². The van der Waals surface area contributed by atoms with E-state index in [0.29, 0.717) is 0 Å². The standard InChI is InChI=1S/C13H17NO4/c1-9(2)18-13(17)14-11(8-12(15)16)10-6-4-3-5-7-10/h3-7,9,11H,8H2,1-2H3,(H,14,17)(H,15,16). The molecule has 0 fully saturated rings. The lowest BCUT2D eigenvalue weighted by Crippen LogP contribution is -2.32. The molecule has 1 atom stereocenters. The number of hydrogen-bond acceptors (Lipinski definition) is 3. The van der Waals surface area contributed by atoms with Gasteiger partial charge >= 0.3 is 12.1 Å². The van der Waals surface area contributed by atoms with Crippen molar-refractivity contribution in [3.8, 4) is 0 Å². The number of carbonyl (C=O) groups excluding carboxylic acids is 1. The van der Waals surface area contributed by atoms with Crippen molar-refractivity contribution in [2.45, 2.75) is 32.4 Å². The van der Waals surface area contributed by atoms with Crippen molar-refractivity contribution in [3.63, 3.8) is 0 Å². The highest BCUT2D eigenvalue weighted by atomic mass is 16.6. The van der Waals surface area contributed by atoms with Crippen LogP contribution in [-0.2, 0) is 9.53 Å². The fourth-order valence-electron chi connectivity index (χ4n) is 1.50. The van der Waals surface area contributed by atoms with Gasteiger partial charge in [0.2, 0.25) is 0 Å². The Morgan fingerprint density at radius 3 is 2.39 bits per heavy atom. The van der Waals surface area contributed by atoms with Gasteiger partial charge in [0.1, 0.15) is 0 Å². The second kappa shape index (κ2) is 6.64. The Bertz CT molecular complexity index is 403. The SMILES string of the molecule is CC(C)OC(=O)NC(CC(=O)O)c1ccccc1. The summed E-state index contributed by atoms with van der Waals surface area (Å²) in [4.78, 5) is 22.3. The fourth-order valence-corrected chi connectivity index (χ4v) is 1.50. The zero-order valence-corrected chi connectivity index (χ0v) is 10.4. The summed E-state index contributed by atoms with van der Waals surface area (Å²) >= 11 is 0. The Kier molecular flexibility index (Phi) is 5.17. The lowest BCUT2D eigenvalue weighted by molar-refractivity contribution is -0.137. The van der Waals surface area contributed by atoms with Gasteiger partial charge in [-0.15, -0.1) is 0 Å². The summed E-state index contributed by atoms with van der Waals surface area (Å²) in [5.41, 5.74) is 0.737. The average Bonchev–Trinajstić information content (AvgIpc) is 2.27. The number of hydrogen-bond donors (Lipinski definition) is 2. The highest BCUT2D eigenvalue weighted by Crippen LogP contribution is 2.16. The molecule has 0 aliphatic heterocycles. The molecule has 0 saturated carbocycles. The number of carboxylic acid groups (broad SMARTS) is 1. The largest absolute Gasteiger partial charge is 0.481 e. The van der Waals surface area contributed by atoms with Gasteiger partial charge in [-0.05, 0) is 19.4 Å². The molecular weight excluding hydrogens is 234 g/mol. The Hall–Kier alpha value is -2.04. The van der Waals surface area contributed by atoms with Crippen molar-refractivity contribution in [1.29, 1.82) is 0 Å². The van der Waals surface area contributed by atoms with E-state index in [4.69, 9.17) is 9.84 Å². The lowest BCUT2D eigenvalue weighted by Gasteiger charge is -2.18. The van der Waals surface area contributed by atoms with E-state index >= 15 is 0 Å². The van der Waals surface area contributed by atoms with E-state index in [1.807, 2.05) is 6.07 Å². The lowest BCUT2D eigenvalue weighted by atomic mass is 10.0. The summed E-state index contributed by atoms with van der Waals surface area (Å²) in [7, 11) is 0. The van der Waals surface area contributed by atoms with Crippen LogP contribution in [-0.4, -0.2) is 23.3 Å². The summed E-state index contributed by atoms with van der Waals surface area (Å²) in [5, 5.41) is 11.4. The summed E-state index contributed by atoms with van der Waals surface area (Å²) in [6.45, 7) is 3.46. The molecule has 0 heterocycles. The maximum Gasteiger partial charge on any atom is 0.407 e. The van der Waals surface area contributed by atoms with Crippen molar-refractivity contribution in [1.82, 2.24) is 5.32 Å². The van der Waals surface area contributed by atoms with Gasteiger partial charge in [-0.1, -0.05) is 30.3 Å². The van der Waals surface area contributed by atoms with E-state index in [9.17, 15) is 9.59 Å². The Balaban J connectivity index is 2.73. The molecule has 2 N–H and O–H groups in total. The van der Waals surface area contributed by atoms with Crippen LogP contribution in [0.5, 0.6) is 0 Å². The number of amides is 1. The van der Waals surface area contributed by atoms with Crippen molar-refractivity contribution in [2.75, 3.05) is 0 Å². The Morgan fingerprint density at radius 2 is 1.89 bits per heavy atom. The summed E-state index contributed by atoms with van der Waals surface area (Å²) in [6.07, 6.45) is -1.04. The van der Waals surface area contributed by atoms with Crippen LogP contribution in [0.4, 0.5) is 4.79 Å². The molecule has 0 radical (unpaired) electrons. The predicted molar refractivity (Wildman–Crippen MR) is 66.2 cm³/mol. The monoisotopic (exact) mass is 251 g/mol. The molecule has 0 bridgehead atoms. The van der Waals surface area contributed by atoms with Gasteiger partial charge < -0.3 is 15.2 Å². The third-order valence-corrected chi connectivity index (χ3v) is 2.22. The minimum absolute atomic E-state index is 0.183. The average molecular weight is 251 g/mol. The van der Waals surface area contributed by atoms with E-state index in [0.717, 1.165) is 5.56 Å². The van der Waals surface area contributed by atoms with E-state index in [1.54, 1.807) is 38.1 Å². The van der Waals surface area contributed by atoms with E-state index in [-0.39, 0.29) is 12.5 Å². The van der Waals surface area contributed by atoms with Gasteiger partial charge in [-0.3, -0.25) is 4.79 Å². The van der Waals surface area contributed by atoms with Crippen LogP contribution < -0.4 is 5.32 Å². The van der Waals surface area contributed by atoms with Crippen molar-refractivity contribution in [3.05, 3.63) is 35.9 Å². The molecule has 1 rings (SSSR count). The van der Waals surface area contributed by atoms with Gasteiger partial charge in [-0.25, -0.2) is 4.79 Å². The van der Waals surface area contributed by atoms with Gasteiger partial charge in [0, 0.05) is 0 Å². The van der Waals surface area contributed by atoms with Gasteiger partial charge in [0.05, 0.1) is 18.6 Å². The van der Waals surface area contributed by atoms with Gasteiger partial charge in [0.15, 0.2) is 0 Å². The second-order valence-corrected chi connectivity index (χ2v) is 4.16. The molecule has 5 nitrogen and oxygen atoms in total. The third kappa shape index (κ3) is 4.86. The minimum atomic E-state index is -0.978. The van der Waals surface area contributed by atoms with Crippen molar-refractivity contribution < 1.29 is 19.4 Å². The van der Waals surface area contributed by atoms with Gasteiger partial charge in [-0.2, -0.15) is 0 Å². The molecule has 0 aromatic heterocycles. The normalized spacial score (nSPS) is 11.9. The zero-order valence-electron chi connectivity index (χ0n) is 10.4. The number of carbonyl (C=O) groups is 2. The molecule has 0 saturated heterocycles. The highest BCUT2D eigenvalue weighted by molar-refractivity contribution is 5.72. The number of alkyl carbamates (subject to hydrolysis) is 1. The Labute approximate surface area is 106 Å². The number of carboxylic acids is 1. The molecule has 0 spiro atoms. The van der Waals surface area contributed by atoms with Crippen molar-refractivity contribution >= 4 is 12.1 Å². The van der Waals surface area contributed by atoms with Crippen LogP contribution in [0.2, 0.25) is 0 Å². The maximum atomic E-state index is 11.5. The third-order valence-electron chi connectivity index (χ3n) is 2.22. The number of aliphatic carboxylic acids is 1. The molecular formula is C13H17NO4. The summed E-state index contributed by atoms with van der Waals surface area (Å²) in [5.74, 6) is -0.978. The first-order valence-electron chi connectivity index (χ1n) is 5.73. The number of nitrogens with one attached hydrogen (secondary N) is 1. The molecule has 1 unspecified atom stereocenters. The van der Waals surface area contributed by atoms with E-state index in [2.05, 4.69) is 5.32 Å². The molecule has 1 aromatic carbocycles. The quantitative estimate of drug-likeness (QED) is 0.842. The van der Waals surface area contributed by atoms with E-state index < -0.39 is 18.1 Å². The fraction of sp³-hybridized carbons (Fsp3) is 0.385. The first kappa shape index (κ1) is 14.0. The molecule has 5 heteroatoms. The molecule has 98 valence electrons. The smallest absolute Gasteiger partial charge is 0.407 e. The zero-order chi connectivity index (χ0) is 13.5. The molecule has 1 amide bonds. The van der Waals surface area contributed by atoms with Crippen LogP contribution in [0.1, 0.15) is 31.9 Å². The molecule has 0 aliphatic rings. The van der Waals surface area contributed by atoms with Crippen LogP contribution in [0.3, 0.4) is 0 Å². The number of benzene rings is 1. The van der Waals surface area contributed by atoms with Gasteiger partial charge in [0.25, 0.3) is 0 Å². The Morgan fingerprint density at radius 1 is 1.28 bits per heavy atom. The topological polar surface area (TPSA) is 75.6 Å². The first-order chi connectivity index (χ1) is 8.49. The summed E-state index contributed by atoms with van der Waals surface area (Å²) in [6, 6.07) is 8.36. The minimum Gasteiger partial charge on any atom is -0.481 e. The summed E-state index contributed by atoms with van der Waals surface area (Å²) < 4.78 is 4.94. The second-order valence-electron chi connectivity index (χ2n) is 4.16. The predicted octanol–water partition coefficient (Wildman–Crippen LogP) is 2.34. The highest BCUT2D eigenvalue weighted by Gasteiger charge is 2.18. The number of ether oxygens (including phenoxy) is 1. The van der Waals surface area contributed by atoms with E-state index in [1.165, 1.54) is 0 Å². The molecule has 18 heavy (non-hydrogen) atoms. The number of rotatable bonds is 5. The first-order valence-corrected chi connectivity index (χ1v) is 5.73. The van der Waals surface area contributed by atoms with Crippen molar-refractivity contribution in [2.24, 2.45) is 0 Å². The maximum absolute atomic E-state index is 11.5.